The minimum atomic E-state index is 0. The van der Waals surface area contributed by atoms with Gasteiger partial charge in [-0.25, -0.2) is 0 Å². The van der Waals surface area contributed by atoms with Crippen molar-refractivity contribution in [2.75, 3.05) is 20.2 Å². The molecule has 0 spiro atoms. The molecule has 1 unspecified atom stereocenters. The first kappa shape index (κ1) is 13.2. The first-order valence-electron chi connectivity index (χ1n) is 3.15. The molecular weight excluding hydrogens is 179 g/mol. The second-order valence-corrected chi connectivity index (χ2v) is 2.46. The van der Waals surface area contributed by atoms with Crippen LogP contribution in [0.3, 0.4) is 0 Å². The maximum absolute atomic E-state index is 8.69. The van der Waals surface area contributed by atoms with Crippen LogP contribution in [0.4, 0.5) is 0 Å². The van der Waals surface area contributed by atoms with E-state index in [0.29, 0.717) is 12.6 Å². The first-order valence-corrected chi connectivity index (χ1v) is 3.15. The number of hydrogen-bond acceptors (Lipinski definition) is 2. The van der Waals surface area contributed by atoms with Gasteiger partial charge in [0, 0.05) is 25.5 Å². The molecule has 10 heavy (non-hydrogen) atoms. The summed E-state index contributed by atoms with van der Waals surface area (Å²) in [6, 6.07) is 0.454. The maximum Gasteiger partial charge on any atom is 0.0586 e. The van der Waals surface area contributed by atoms with E-state index >= 15 is 0 Å². The number of hydrogen-bond donors (Lipinski definition) is 1. The zero-order valence-corrected chi connectivity index (χ0v) is 9.97. The molecule has 1 heterocycles. The molecule has 58 valence electrons. The maximum atomic E-state index is 8.69. The van der Waals surface area contributed by atoms with Gasteiger partial charge in [-0.2, -0.15) is 0 Å². The molecule has 1 N–H and O–H groups in total. The Bertz CT molecular complexity index is 80.0. The van der Waals surface area contributed by atoms with E-state index in [9.17, 15) is 0 Å². The third-order valence-corrected chi connectivity index (χ3v) is 1.88. The molecule has 1 rings (SSSR count). The average molecular weight is 196 g/mol. The molecule has 0 aromatic heterocycles. The Morgan fingerprint density at radius 2 is 2.20 bits per heavy atom. The topological polar surface area (TPSA) is 23.5 Å². The van der Waals surface area contributed by atoms with E-state index in [1.165, 1.54) is 12.8 Å². The van der Waals surface area contributed by atoms with Gasteiger partial charge >= 0.3 is 0 Å². The smallest absolute Gasteiger partial charge is 0.0586 e. The summed E-state index contributed by atoms with van der Waals surface area (Å²) in [6.07, 6.45) is 2.43. The van der Waals surface area contributed by atoms with Crippen LogP contribution in [0, 0.1) is 7.43 Å². The fraction of sp³-hybridized carbons (Fsp3) is 0.857. The largest absolute Gasteiger partial charge is 0.395 e. The van der Waals surface area contributed by atoms with Crippen LogP contribution in [-0.4, -0.2) is 36.2 Å². The van der Waals surface area contributed by atoms with Crippen LogP contribution in [-0.2, 0) is 19.5 Å². The number of aliphatic hydroxyl groups is 1. The summed E-state index contributed by atoms with van der Waals surface area (Å²) in [5, 5.41) is 8.69. The van der Waals surface area contributed by atoms with E-state index in [1.54, 1.807) is 0 Å². The SMILES string of the molecule is CN1CCCC1CO.[CH3-].[Zn]. The fourth-order valence-electron chi connectivity index (χ4n) is 1.21. The standard InChI is InChI=1S/C6H13NO.CH3.Zn/c1-7-4-2-3-6(7)5-8;;/h6,8H,2-5H2,1H3;1H3;/q;-1;. The average Bonchev–Trinajstić information content (AvgIpc) is 2.14. The zero-order valence-electron chi connectivity index (χ0n) is 7.01. The Labute approximate surface area is 76.4 Å². The Kier molecular flexibility index (Phi) is 8.24. The molecule has 3 heteroatoms. The Morgan fingerprint density at radius 1 is 1.60 bits per heavy atom. The quantitative estimate of drug-likeness (QED) is 0.487. The van der Waals surface area contributed by atoms with Crippen LogP contribution in [0.2, 0.25) is 0 Å². The number of likely N-dealkylation sites (tertiary alicyclic amines) is 1. The minimum absolute atomic E-state index is 0. The molecule has 1 aliphatic rings. The van der Waals surface area contributed by atoms with Gasteiger partial charge in [-0.3, -0.25) is 0 Å². The summed E-state index contributed by atoms with van der Waals surface area (Å²) in [5.74, 6) is 0. The third-order valence-electron chi connectivity index (χ3n) is 1.88. The summed E-state index contributed by atoms with van der Waals surface area (Å²) in [7, 11) is 2.06. The fourth-order valence-corrected chi connectivity index (χ4v) is 1.21. The van der Waals surface area contributed by atoms with E-state index < -0.39 is 0 Å². The summed E-state index contributed by atoms with van der Waals surface area (Å²) >= 11 is 0. The van der Waals surface area contributed by atoms with Crippen molar-refractivity contribution >= 4 is 0 Å². The predicted molar refractivity (Wildman–Crippen MR) is 39.2 cm³/mol. The van der Waals surface area contributed by atoms with Crippen molar-refractivity contribution < 1.29 is 24.6 Å². The van der Waals surface area contributed by atoms with E-state index in [1.807, 2.05) is 0 Å². The summed E-state index contributed by atoms with van der Waals surface area (Å²) in [5.41, 5.74) is 0. The van der Waals surface area contributed by atoms with Gasteiger partial charge in [-0.1, -0.05) is 0 Å². The van der Waals surface area contributed by atoms with Crippen molar-refractivity contribution in [2.24, 2.45) is 0 Å². The van der Waals surface area contributed by atoms with Gasteiger partial charge < -0.3 is 17.4 Å². The second-order valence-electron chi connectivity index (χ2n) is 2.46. The molecule has 0 saturated carbocycles. The number of nitrogens with zero attached hydrogens (tertiary/aromatic N) is 1. The van der Waals surface area contributed by atoms with Crippen molar-refractivity contribution in [2.45, 2.75) is 18.9 Å². The van der Waals surface area contributed by atoms with E-state index in [4.69, 9.17) is 5.11 Å². The normalized spacial score (nSPS) is 25.2. The van der Waals surface area contributed by atoms with Gasteiger partial charge in [0.15, 0.2) is 0 Å². The monoisotopic (exact) mass is 194 g/mol. The minimum Gasteiger partial charge on any atom is -0.395 e. The van der Waals surface area contributed by atoms with Crippen molar-refractivity contribution in [3.63, 3.8) is 0 Å². The van der Waals surface area contributed by atoms with Gasteiger partial charge in [0.1, 0.15) is 0 Å². The van der Waals surface area contributed by atoms with Gasteiger partial charge in [0.05, 0.1) is 6.61 Å². The molecule has 0 radical (unpaired) electrons. The third kappa shape index (κ3) is 3.09. The van der Waals surface area contributed by atoms with Crippen LogP contribution in [0.5, 0.6) is 0 Å². The van der Waals surface area contributed by atoms with Crippen molar-refractivity contribution in [3.05, 3.63) is 7.43 Å². The summed E-state index contributed by atoms with van der Waals surface area (Å²) < 4.78 is 0. The molecule has 1 fully saturated rings. The molecule has 0 aromatic rings. The van der Waals surface area contributed by atoms with Gasteiger partial charge in [-0.15, -0.1) is 0 Å². The molecule has 1 aliphatic heterocycles. The Morgan fingerprint density at radius 3 is 2.40 bits per heavy atom. The molecule has 0 aliphatic carbocycles. The van der Waals surface area contributed by atoms with Crippen molar-refractivity contribution in [3.8, 4) is 0 Å². The summed E-state index contributed by atoms with van der Waals surface area (Å²) in [4.78, 5) is 2.21. The van der Waals surface area contributed by atoms with E-state index in [0.717, 1.165) is 6.54 Å². The zero-order chi connectivity index (χ0) is 5.98. The van der Waals surface area contributed by atoms with E-state index in [-0.39, 0.29) is 26.9 Å². The predicted octanol–water partition coefficient (Wildman–Crippen LogP) is 0.521. The molecule has 0 aromatic carbocycles. The van der Waals surface area contributed by atoms with Gasteiger partial charge in [0.2, 0.25) is 0 Å². The Hall–Kier alpha value is 0.543. The van der Waals surface area contributed by atoms with Crippen molar-refractivity contribution in [1.29, 1.82) is 0 Å². The van der Waals surface area contributed by atoms with Gasteiger partial charge in [0.25, 0.3) is 0 Å². The summed E-state index contributed by atoms with van der Waals surface area (Å²) in [6.45, 7) is 1.49. The van der Waals surface area contributed by atoms with Crippen LogP contribution in [0.25, 0.3) is 0 Å². The second kappa shape index (κ2) is 6.27. The van der Waals surface area contributed by atoms with Crippen LogP contribution >= 0.6 is 0 Å². The Balaban J connectivity index is 0. The number of aliphatic hydroxyl groups excluding tert-OH is 1. The molecular formula is C7H16NOZn-. The van der Waals surface area contributed by atoms with Crippen LogP contribution in [0.15, 0.2) is 0 Å². The van der Waals surface area contributed by atoms with Crippen molar-refractivity contribution in [1.82, 2.24) is 4.90 Å². The molecule has 1 saturated heterocycles. The molecule has 0 bridgehead atoms. The van der Waals surface area contributed by atoms with Gasteiger partial charge in [-0.05, 0) is 26.4 Å². The van der Waals surface area contributed by atoms with Crippen LogP contribution < -0.4 is 0 Å². The van der Waals surface area contributed by atoms with E-state index in [2.05, 4.69) is 11.9 Å². The molecule has 2 nitrogen and oxygen atoms in total. The number of likely N-dealkylation sites (N-methyl/N-ethyl adjacent to an activating group) is 1. The molecule has 0 amide bonds. The number of rotatable bonds is 1. The first-order chi connectivity index (χ1) is 3.84. The van der Waals surface area contributed by atoms with Crippen LogP contribution in [0.1, 0.15) is 12.8 Å². The molecule has 1 atom stereocenters.